The van der Waals surface area contributed by atoms with Gasteiger partial charge in [-0.25, -0.2) is 4.79 Å². The zero-order valence-electron chi connectivity index (χ0n) is 13.6. The van der Waals surface area contributed by atoms with Crippen LogP contribution in [0.5, 0.6) is 0 Å². The fourth-order valence-corrected chi connectivity index (χ4v) is 3.65. The number of aromatic nitrogens is 2. The molecule has 0 bridgehead atoms. The Kier molecular flexibility index (Phi) is 6.56. The first-order valence-corrected chi connectivity index (χ1v) is 9.10. The van der Waals surface area contributed by atoms with Crippen molar-refractivity contribution in [2.24, 2.45) is 0 Å². The minimum atomic E-state index is -0.525. The number of urea groups is 1. The maximum Gasteiger partial charge on any atom is 0.321 e. The summed E-state index contributed by atoms with van der Waals surface area (Å²) in [4.78, 5) is 23.0. The Morgan fingerprint density at radius 1 is 1.25 bits per heavy atom. The number of hydrogen-bond acceptors (Lipinski definition) is 7. The van der Waals surface area contributed by atoms with Gasteiger partial charge in [0.05, 0.1) is 5.25 Å². The van der Waals surface area contributed by atoms with E-state index in [1.165, 1.54) is 35.7 Å². The molecule has 0 aliphatic rings. The van der Waals surface area contributed by atoms with Crippen molar-refractivity contribution < 1.29 is 9.59 Å². The summed E-state index contributed by atoms with van der Waals surface area (Å²) in [6, 6.07) is 7.58. The van der Waals surface area contributed by atoms with Gasteiger partial charge in [0.2, 0.25) is 11.0 Å². The molecule has 24 heavy (non-hydrogen) atoms. The van der Waals surface area contributed by atoms with Gasteiger partial charge in [0.1, 0.15) is 0 Å². The van der Waals surface area contributed by atoms with Crippen molar-refractivity contribution in [3.8, 4) is 0 Å². The van der Waals surface area contributed by atoms with Crippen LogP contribution in [0.4, 0.5) is 15.6 Å². The fraction of sp³-hybridized carbons (Fsp3) is 0.333. The lowest BCUT2D eigenvalue weighted by Gasteiger charge is -2.08. The molecule has 9 heteroatoms. The highest BCUT2D eigenvalue weighted by Crippen LogP contribution is 2.30. The maximum atomic E-state index is 11.8. The summed E-state index contributed by atoms with van der Waals surface area (Å²) in [5.74, 6) is -0.376. The minimum absolute atomic E-state index is 0.376. The summed E-state index contributed by atoms with van der Waals surface area (Å²) in [7, 11) is 1.45. The van der Waals surface area contributed by atoms with Gasteiger partial charge in [-0.2, -0.15) is 0 Å². The molecule has 1 heterocycles. The number of imide groups is 1. The van der Waals surface area contributed by atoms with E-state index >= 15 is 0 Å². The van der Waals surface area contributed by atoms with Gasteiger partial charge < -0.3 is 10.6 Å². The summed E-state index contributed by atoms with van der Waals surface area (Å²) in [5.41, 5.74) is 2.20. The third kappa shape index (κ3) is 5.20. The van der Waals surface area contributed by atoms with Crippen LogP contribution >= 0.6 is 23.1 Å². The van der Waals surface area contributed by atoms with Crippen LogP contribution < -0.4 is 16.0 Å². The molecular weight excluding hydrogens is 346 g/mol. The normalized spacial score (nSPS) is 11.6. The van der Waals surface area contributed by atoms with Gasteiger partial charge in [-0.05, 0) is 31.0 Å². The van der Waals surface area contributed by atoms with E-state index in [1.54, 1.807) is 6.92 Å². The molecule has 2 aromatic rings. The van der Waals surface area contributed by atoms with E-state index in [0.717, 1.165) is 12.1 Å². The molecule has 3 amide bonds. The second kappa shape index (κ2) is 8.65. The van der Waals surface area contributed by atoms with Crippen molar-refractivity contribution in [2.45, 2.75) is 29.9 Å². The topological polar surface area (TPSA) is 96.0 Å². The average Bonchev–Trinajstić information content (AvgIpc) is 3.02. The molecule has 1 aromatic carbocycles. The number of benzene rings is 1. The lowest BCUT2D eigenvalue weighted by atomic mass is 10.1. The SMILES string of the molecule is CCc1ccc(Nc2nnc(S[C@H](C)C(=O)NC(=O)NC)s2)cc1. The molecule has 0 saturated heterocycles. The second-order valence-electron chi connectivity index (χ2n) is 4.88. The van der Waals surface area contributed by atoms with Crippen LogP contribution in [-0.4, -0.2) is 34.4 Å². The molecular formula is C15H19N5O2S2. The molecule has 0 spiro atoms. The summed E-state index contributed by atoms with van der Waals surface area (Å²) >= 11 is 2.61. The number of carbonyl (C=O) groups excluding carboxylic acids is 2. The summed E-state index contributed by atoms with van der Waals surface area (Å²) < 4.78 is 0.655. The van der Waals surface area contributed by atoms with Crippen LogP contribution in [-0.2, 0) is 11.2 Å². The molecule has 7 nitrogen and oxygen atoms in total. The van der Waals surface area contributed by atoms with Gasteiger partial charge in [0.15, 0.2) is 4.34 Å². The van der Waals surface area contributed by atoms with Crippen LogP contribution in [0.15, 0.2) is 28.6 Å². The molecule has 2 rings (SSSR count). The largest absolute Gasteiger partial charge is 0.341 e. The van der Waals surface area contributed by atoms with E-state index in [2.05, 4.69) is 45.2 Å². The lowest BCUT2D eigenvalue weighted by Crippen LogP contribution is -2.41. The Hall–Kier alpha value is -2.13. The zero-order valence-corrected chi connectivity index (χ0v) is 15.3. The highest BCUT2D eigenvalue weighted by atomic mass is 32.2. The van der Waals surface area contributed by atoms with E-state index in [0.29, 0.717) is 9.47 Å². The Balaban J connectivity index is 1.92. The Morgan fingerprint density at radius 2 is 1.96 bits per heavy atom. The zero-order chi connectivity index (χ0) is 17.5. The number of anilines is 2. The molecule has 1 atom stereocenters. The van der Waals surface area contributed by atoms with E-state index < -0.39 is 11.3 Å². The number of carbonyl (C=O) groups is 2. The monoisotopic (exact) mass is 365 g/mol. The van der Waals surface area contributed by atoms with Crippen LogP contribution in [0, 0.1) is 0 Å². The summed E-state index contributed by atoms with van der Waals surface area (Å²) in [5, 5.41) is 16.1. The number of amides is 3. The predicted octanol–water partition coefficient (Wildman–Crippen LogP) is 2.78. The average molecular weight is 365 g/mol. The Labute approximate surface area is 148 Å². The van der Waals surface area contributed by atoms with Crippen molar-refractivity contribution in [2.75, 3.05) is 12.4 Å². The molecule has 0 aliphatic heterocycles. The number of rotatable bonds is 6. The Bertz CT molecular complexity index is 702. The molecule has 0 fully saturated rings. The predicted molar refractivity (Wildman–Crippen MR) is 96.9 cm³/mol. The van der Waals surface area contributed by atoms with Gasteiger partial charge in [-0.1, -0.05) is 42.2 Å². The quantitative estimate of drug-likeness (QED) is 0.681. The number of aryl methyl sites for hydroxylation is 1. The van der Waals surface area contributed by atoms with E-state index in [9.17, 15) is 9.59 Å². The van der Waals surface area contributed by atoms with Gasteiger partial charge >= 0.3 is 6.03 Å². The Morgan fingerprint density at radius 3 is 2.58 bits per heavy atom. The van der Waals surface area contributed by atoms with Crippen molar-refractivity contribution >= 4 is 45.9 Å². The smallest absolute Gasteiger partial charge is 0.321 e. The highest BCUT2D eigenvalue weighted by Gasteiger charge is 2.18. The molecule has 128 valence electrons. The van der Waals surface area contributed by atoms with Gasteiger partial charge in [-0.3, -0.25) is 10.1 Å². The third-order valence-corrected chi connectivity index (χ3v) is 5.15. The molecule has 0 unspecified atom stereocenters. The number of nitrogens with zero attached hydrogens (tertiary/aromatic N) is 2. The first-order chi connectivity index (χ1) is 11.5. The molecule has 1 aromatic heterocycles. The van der Waals surface area contributed by atoms with Crippen molar-refractivity contribution in [1.29, 1.82) is 0 Å². The van der Waals surface area contributed by atoms with E-state index in [1.807, 2.05) is 12.1 Å². The van der Waals surface area contributed by atoms with E-state index in [-0.39, 0.29) is 5.91 Å². The maximum absolute atomic E-state index is 11.8. The number of thioether (sulfide) groups is 1. The molecule has 0 radical (unpaired) electrons. The first kappa shape index (κ1) is 18.2. The van der Waals surface area contributed by atoms with Crippen LogP contribution in [0.25, 0.3) is 0 Å². The van der Waals surface area contributed by atoms with Crippen molar-refractivity contribution in [1.82, 2.24) is 20.8 Å². The third-order valence-electron chi connectivity index (χ3n) is 3.13. The summed E-state index contributed by atoms with van der Waals surface area (Å²) in [6.07, 6.45) is 0.996. The highest BCUT2D eigenvalue weighted by molar-refractivity contribution is 8.02. The van der Waals surface area contributed by atoms with Gasteiger partial charge in [-0.15, -0.1) is 10.2 Å². The first-order valence-electron chi connectivity index (χ1n) is 7.40. The summed E-state index contributed by atoms with van der Waals surface area (Å²) in [6.45, 7) is 3.82. The van der Waals surface area contributed by atoms with Gasteiger partial charge in [0.25, 0.3) is 0 Å². The van der Waals surface area contributed by atoms with Crippen LogP contribution in [0.3, 0.4) is 0 Å². The molecule has 0 aliphatic carbocycles. The second-order valence-corrected chi connectivity index (χ2v) is 7.44. The molecule has 3 N–H and O–H groups in total. The van der Waals surface area contributed by atoms with Crippen LogP contribution in [0.2, 0.25) is 0 Å². The lowest BCUT2D eigenvalue weighted by molar-refractivity contribution is -0.119. The van der Waals surface area contributed by atoms with Crippen molar-refractivity contribution in [3.63, 3.8) is 0 Å². The molecule has 0 saturated carbocycles. The number of nitrogens with one attached hydrogen (secondary N) is 3. The standard InChI is InChI=1S/C15H19N5O2S2/c1-4-10-5-7-11(8-6-10)17-14-19-20-15(24-14)23-9(2)12(21)18-13(22)16-3/h5-9H,4H2,1-3H3,(H,17,19)(H2,16,18,21,22)/t9-/m1/s1. The van der Waals surface area contributed by atoms with Crippen molar-refractivity contribution in [3.05, 3.63) is 29.8 Å². The van der Waals surface area contributed by atoms with E-state index in [4.69, 9.17) is 0 Å². The minimum Gasteiger partial charge on any atom is -0.341 e. The number of hydrogen-bond donors (Lipinski definition) is 3. The van der Waals surface area contributed by atoms with Gasteiger partial charge in [0, 0.05) is 12.7 Å². The van der Waals surface area contributed by atoms with Crippen LogP contribution in [0.1, 0.15) is 19.4 Å². The fourth-order valence-electron chi connectivity index (χ4n) is 1.74.